The molecular weight excluding hydrogens is 361 g/mol. The second-order valence-electron chi connectivity index (χ2n) is 6.55. The maximum absolute atomic E-state index is 13.4. The van der Waals surface area contributed by atoms with Gasteiger partial charge in [-0.2, -0.15) is 5.26 Å². The van der Waals surface area contributed by atoms with Crippen molar-refractivity contribution < 1.29 is 9.29 Å². The summed E-state index contributed by atoms with van der Waals surface area (Å²) in [5, 5.41) is 18.5. The van der Waals surface area contributed by atoms with Crippen LogP contribution in [0.2, 0.25) is 0 Å². The first-order valence-electron chi connectivity index (χ1n) is 8.62. The Morgan fingerprint density at radius 1 is 1.11 bits per heavy atom. The molecule has 1 N–H and O–H groups in total. The number of nitrogens with one attached hydrogen (secondary N) is 1. The van der Waals surface area contributed by atoms with Crippen LogP contribution < -0.4 is 4.90 Å². The predicted octanol–water partition coefficient (Wildman–Crippen LogP) is 2.78. The molecule has 1 atom stereocenters. The molecule has 0 bridgehead atoms. The molecule has 1 aromatic heterocycles. The zero-order valence-corrected chi connectivity index (χ0v) is 16.3. The minimum atomic E-state index is -0.272. The summed E-state index contributed by atoms with van der Waals surface area (Å²) in [7, 11) is 4.13. The number of rotatable bonds is 6. The molecule has 2 aromatic carbocycles. The van der Waals surface area contributed by atoms with E-state index in [1.165, 1.54) is 17.0 Å². The Kier molecular flexibility index (Phi) is 5.89. The van der Waals surface area contributed by atoms with Crippen LogP contribution >= 0.6 is 11.8 Å². The van der Waals surface area contributed by atoms with E-state index in [2.05, 4.69) is 37.3 Å². The van der Waals surface area contributed by atoms with Crippen molar-refractivity contribution in [2.24, 2.45) is 0 Å². The predicted molar refractivity (Wildman–Crippen MR) is 103 cm³/mol. The van der Waals surface area contributed by atoms with Gasteiger partial charge in [-0.25, -0.2) is 4.39 Å². The molecule has 5 nitrogen and oxygen atoms in total. The summed E-state index contributed by atoms with van der Waals surface area (Å²) < 4.78 is 15.4. The van der Waals surface area contributed by atoms with E-state index < -0.39 is 0 Å². The van der Waals surface area contributed by atoms with E-state index in [1.54, 1.807) is 23.9 Å². The summed E-state index contributed by atoms with van der Waals surface area (Å²) in [5.41, 5.74) is 2.58. The largest absolute Gasteiger partial charge is 0.331 e. The maximum atomic E-state index is 13.4. The van der Waals surface area contributed by atoms with Crippen LogP contribution in [0.15, 0.2) is 53.7 Å². The van der Waals surface area contributed by atoms with Gasteiger partial charge in [0.2, 0.25) is 0 Å². The average Bonchev–Trinajstić information content (AvgIpc) is 3.10. The van der Waals surface area contributed by atoms with Crippen LogP contribution in [0.1, 0.15) is 29.9 Å². The molecule has 0 spiro atoms. The van der Waals surface area contributed by atoms with E-state index in [0.717, 1.165) is 22.2 Å². The van der Waals surface area contributed by atoms with Crippen LogP contribution in [0, 0.1) is 17.1 Å². The third-order valence-electron chi connectivity index (χ3n) is 4.45. The first kappa shape index (κ1) is 19.1. The van der Waals surface area contributed by atoms with Gasteiger partial charge in [-0.05, 0) is 48.9 Å². The van der Waals surface area contributed by atoms with Crippen molar-refractivity contribution >= 4 is 11.8 Å². The fraction of sp³-hybridized carbons (Fsp3) is 0.250. The van der Waals surface area contributed by atoms with Crippen LogP contribution in [0.3, 0.4) is 0 Å². The van der Waals surface area contributed by atoms with Gasteiger partial charge >= 0.3 is 0 Å². The minimum absolute atomic E-state index is 0.131. The Balaban J connectivity index is 1.92. The lowest BCUT2D eigenvalue weighted by atomic mass is 10.2. The first-order valence-corrected chi connectivity index (χ1v) is 9.61. The van der Waals surface area contributed by atoms with E-state index in [9.17, 15) is 4.39 Å². The summed E-state index contributed by atoms with van der Waals surface area (Å²) in [6.07, 6.45) is 0. The molecule has 0 amide bonds. The lowest BCUT2D eigenvalue weighted by Crippen LogP contribution is -3.05. The van der Waals surface area contributed by atoms with Crippen LogP contribution in [0.4, 0.5) is 4.39 Å². The van der Waals surface area contributed by atoms with Gasteiger partial charge < -0.3 is 4.90 Å². The number of hydrogen-bond acceptors (Lipinski definition) is 4. The highest BCUT2D eigenvalue weighted by Gasteiger charge is 2.23. The Morgan fingerprint density at radius 2 is 1.78 bits per heavy atom. The quantitative estimate of drug-likeness (QED) is 0.666. The number of aromatic nitrogens is 3. The highest BCUT2D eigenvalue weighted by Crippen LogP contribution is 2.27. The number of hydrogen-bond donors (Lipinski definition) is 1. The second-order valence-corrected chi connectivity index (χ2v) is 7.49. The Labute approximate surface area is 162 Å². The second kappa shape index (κ2) is 8.33. The lowest BCUT2D eigenvalue weighted by Gasteiger charge is -2.18. The van der Waals surface area contributed by atoms with Crippen molar-refractivity contribution in [3.8, 4) is 11.8 Å². The zero-order chi connectivity index (χ0) is 19.4. The molecule has 0 saturated carbocycles. The number of nitrogens with zero attached hydrogens (tertiary/aromatic N) is 4. The van der Waals surface area contributed by atoms with Crippen LogP contribution in [-0.2, 0) is 5.75 Å². The molecule has 0 fully saturated rings. The zero-order valence-electron chi connectivity index (χ0n) is 15.5. The van der Waals surface area contributed by atoms with Gasteiger partial charge in [0.1, 0.15) is 11.9 Å². The smallest absolute Gasteiger partial charge is 0.196 e. The number of halogens is 1. The van der Waals surface area contributed by atoms with Crippen molar-refractivity contribution in [3.63, 3.8) is 0 Å². The van der Waals surface area contributed by atoms with E-state index in [4.69, 9.17) is 5.26 Å². The van der Waals surface area contributed by atoms with Crippen molar-refractivity contribution in [3.05, 3.63) is 71.3 Å². The number of nitriles is 1. The lowest BCUT2D eigenvalue weighted by molar-refractivity contribution is -0.890. The van der Waals surface area contributed by atoms with Crippen LogP contribution in [0.5, 0.6) is 0 Å². The first-order chi connectivity index (χ1) is 13.0. The summed E-state index contributed by atoms with van der Waals surface area (Å²) in [5.74, 6) is 1.27. The summed E-state index contributed by atoms with van der Waals surface area (Å²) in [6.45, 7) is 2.09. The van der Waals surface area contributed by atoms with E-state index in [1.807, 2.05) is 28.8 Å². The van der Waals surface area contributed by atoms with Gasteiger partial charge in [0, 0.05) is 11.4 Å². The van der Waals surface area contributed by atoms with Gasteiger partial charge in [0.05, 0.1) is 25.7 Å². The molecule has 0 aliphatic heterocycles. The van der Waals surface area contributed by atoms with Crippen molar-refractivity contribution in [2.75, 3.05) is 14.1 Å². The van der Waals surface area contributed by atoms with Gasteiger partial charge in [-0.15, -0.1) is 10.2 Å². The summed E-state index contributed by atoms with van der Waals surface area (Å²) in [4.78, 5) is 1.23. The molecule has 7 heteroatoms. The number of benzene rings is 2. The Morgan fingerprint density at radius 3 is 2.37 bits per heavy atom. The SMILES string of the molecule is C[C@@H](c1nnc(SCc2ccc(C#N)cc2)n1-c1ccc(F)cc1)[NH+](C)C. The Bertz CT molecular complexity index is 942. The van der Waals surface area contributed by atoms with Crippen LogP contribution in [0.25, 0.3) is 5.69 Å². The van der Waals surface area contributed by atoms with E-state index in [0.29, 0.717) is 11.3 Å². The standard InChI is InChI=1S/C20H20FN5S/c1-14(25(2)3)19-23-24-20(26(19)18-10-8-17(21)9-11-18)27-13-16-6-4-15(12-22)5-7-16/h4-11,14H,13H2,1-3H3/p+1/t14-/m0/s1. The maximum Gasteiger partial charge on any atom is 0.196 e. The molecule has 0 unspecified atom stereocenters. The fourth-order valence-corrected chi connectivity index (χ4v) is 3.48. The van der Waals surface area contributed by atoms with Gasteiger partial charge in [-0.1, -0.05) is 23.9 Å². The monoisotopic (exact) mass is 382 g/mol. The topological polar surface area (TPSA) is 58.9 Å². The van der Waals surface area contributed by atoms with Gasteiger partial charge in [-0.3, -0.25) is 4.57 Å². The molecule has 3 rings (SSSR count). The van der Waals surface area contributed by atoms with E-state index in [-0.39, 0.29) is 11.9 Å². The van der Waals surface area contributed by atoms with E-state index >= 15 is 0 Å². The summed E-state index contributed by atoms with van der Waals surface area (Å²) >= 11 is 1.57. The highest BCUT2D eigenvalue weighted by molar-refractivity contribution is 7.98. The molecule has 0 aliphatic rings. The third kappa shape index (κ3) is 4.35. The molecule has 27 heavy (non-hydrogen) atoms. The number of quaternary nitrogens is 1. The fourth-order valence-electron chi connectivity index (χ4n) is 2.57. The molecule has 0 aliphatic carbocycles. The normalized spacial score (nSPS) is 12.1. The van der Waals surface area contributed by atoms with Gasteiger partial charge in [0.25, 0.3) is 0 Å². The molecule has 0 saturated heterocycles. The number of thioether (sulfide) groups is 1. The van der Waals surface area contributed by atoms with Crippen molar-refractivity contribution in [1.29, 1.82) is 5.26 Å². The molecule has 0 radical (unpaired) electrons. The Hall–Kier alpha value is -2.69. The van der Waals surface area contributed by atoms with Gasteiger partial charge in [0.15, 0.2) is 11.0 Å². The molecule has 138 valence electrons. The van der Waals surface area contributed by atoms with Crippen LogP contribution in [-0.4, -0.2) is 28.9 Å². The average molecular weight is 382 g/mol. The minimum Gasteiger partial charge on any atom is -0.331 e. The van der Waals surface area contributed by atoms with Crippen molar-refractivity contribution in [1.82, 2.24) is 14.8 Å². The van der Waals surface area contributed by atoms with Crippen molar-refractivity contribution in [2.45, 2.75) is 23.9 Å². The highest BCUT2D eigenvalue weighted by atomic mass is 32.2. The molecule has 1 heterocycles. The summed E-state index contributed by atoms with van der Waals surface area (Å²) in [6, 6.07) is 16.1. The molecular formula is C20H21FN5S+. The molecule has 3 aromatic rings. The third-order valence-corrected chi connectivity index (χ3v) is 5.45.